The molecular formula is C18H27NO3. The van der Waals surface area contributed by atoms with E-state index < -0.39 is 5.60 Å². The highest BCUT2D eigenvalue weighted by Gasteiger charge is 2.35. The van der Waals surface area contributed by atoms with Gasteiger partial charge in [0, 0.05) is 12.1 Å². The molecule has 0 spiro atoms. The van der Waals surface area contributed by atoms with Crippen molar-refractivity contribution in [3.05, 3.63) is 23.8 Å². The number of fused-ring (bicyclic) bond motifs is 1. The maximum atomic E-state index is 12.6. The molecule has 0 unspecified atom stereocenters. The quantitative estimate of drug-likeness (QED) is 0.793. The summed E-state index contributed by atoms with van der Waals surface area (Å²) in [6.07, 6.45) is 1.73. The first-order valence-corrected chi connectivity index (χ1v) is 7.97. The number of anilines is 1. The Hall–Kier alpha value is -1.71. The van der Waals surface area contributed by atoms with Crippen LogP contribution >= 0.6 is 0 Å². The number of amides is 1. The molecule has 1 amide bonds. The summed E-state index contributed by atoms with van der Waals surface area (Å²) in [6.45, 7) is 9.94. The van der Waals surface area contributed by atoms with Crippen LogP contribution < -0.4 is 9.64 Å². The van der Waals surface area contributed by atoms with Gasteiger partial charge in [0.1, 0.15) is 11.4 Å². The van der Waals surface area contributed by atoms with Gasteiger partial charge >= 0.3 is 6.09 Å². The number of hydrogen-bond acceptors (Lipinski definition) is 3. The molecule has 0 fully saturated rings. The molecule has 1 aromatic rings. The average molecular weight is 305 g/mol. The van der Waals surface area contributed by atoms with Crippen molar-refractivity contribution in [2.24, 2.45) is 0 Å². The van der Waals surface area contributed by atoms with Crippen molar-refractivity contribution >= 4 is 11.8 Å². The number of hydrogen-bond donors (Lipinski definition) is 0. The van der Waals surface area contributed by atoms with E-state index in [-0.39, 0.29) is 12.1 Å². The lowest BCUT2D eigenvalue weighted by Gasteiger charge is -2.39. The Bertz CT molecular complexity index is 548. The van der Waals surface area contributed by atoms with Gasteiger partial charge in [0.2, 0.25) is 0 Å². The van der Waals surface area contributed by atoms with Crippen molar-refractivity contribution in [3.63, 3.8) is 0 Å². The molecule has 2 rings (SSSR count). The largest absolute Gasteiger partial charge is 0.497 e. The van der Waals surface area contributed by atoms with Crippen LogP contribution in [0.1, 0.15) is 58.9 Å². The van der Waals surface area contributed by atoms with Gasteiger partial charge in [0.25, 0.3) is 0 Å². The second kappa shape index (κ2) is 6.19. The number of nitrogens with zero attached hydrogens (tertiary/aromatic N) is 1. The Morgan fingerprint density at radius 1 is 1.36 bits per heavy atom. The van der Waals surface area contributed by atoms with Crippen molar-refractivity contribution < 1.29 is 14.3 Å². The molecule has 1 aliphatic heterocycles. The maximum absolute atomic E-state index is 12.6. The minimum atomic E-state index is -0.503. The van der Waals surface area contributed by atoms with E-state index in [1.165, 1.54) is 5.56 Å². The summed E-state index contributed by atoms with van der Waals surface area (Å²) in [5, 5.41) is 0. The standard InChI is InChI=1S/C18H27NO3/c1-7-13-10-12(2)19(17(20)22-18(3,4)5)16-11-14(21-6)8-9-15(13)16/h8-9,11-13H,7,10H2,1-6H3/t12-,13+/m1/s1. The van der Waals surface area contributed by atoms with Crippen LogP contribution in [0.15, 0.2) is 18.2 Å². The van der Waals surface area contributed by atoms with Gasteiger partial charge in [0.05, 0.1) is 12.8 Å². The maximum Gasteiger partial charge on any atom is 0.415 e. The smallest absolute Gasteiger partial charge is 0.415 e. The van der Waals surface area contributed by atoms with E-state index in [9.17, 15) is 4.79 Å². The lowest BCUT2D eigenvalue weighted by molar-refractivity contribution is 0.0561. The van der Waals surface area contributed by atoms with Crippen LogP contribution in [0.3, 0.4) is 0 Å². The number of carbonyl (C=O) groups is 1. The first-order valence-electron chi connectivity index (χ1n) is 7.97. The number of benzene rings is 1. The number of ether oxygens (including phenoxy) is 2. The lowest BCUT2D eigenvalue weighted by atomic mass is 9.84. The molecule has 0 N–H and O–H groups in total. The van der Waals surface area contributed by atoms with E-state index in [1.807, 2.05) is 32.9 Å². The molecule has 0 radical (unpaired) electrons. The topological polar surface area (TPSA) is 38.8 Å². The average Bonchev–Trinajstić information content (AvgIpc) is 2.43. The van der Waals surface area contributed by atoms with E-state index in [0.29, 0.717) is 5.92 Å². The number of rotatable bonds is 2. The third-order valence-corrected chi connectivity index (χ3v) is 4.09. The second-order valence-corrected chi connectivity index (χ2v) is 6.96. The fraction of sp³-hybridized carbons (Fsp3) is 0.611. The molecule has 4 nitrogen and oxygen atoms in total. The fourth-order valence-corrected chi connectivity index (χ4v) is 3.06. The molecule has 0 aliphatic carbocycles. The van der Waals surface area contributed by atoms with Crippen LogP contribution in [0.2, 0.25) is 0 Å². The second-order valence-electron chi connectivity index (χ2n) is 6.96. The third-order valence-electron chi connectivity index (χ3n) is 4.09. The molecule has 0 bridgehead atoms. The highest BCUT2D eigenvalue weighted by molar-refractivity contribution is 5.90. The van der Waals surface area contributed by atoms with Gasteiger partial charge in [-0.05, 0) is 58.1 Å². The first-order chi connectivity index (χ1) is 10.3. The first kappa shape index (κ1) is 16.7. The Morgan fingerprint density at radius 2 is 2.05 bits per heavy atom. The van der Waals surface area contributed by atoms with Crippen LogP contribution in [-0.4, -0.2) is 24.8 Å². The molecule has 1 heterocycles. The molecule has 4 heteroatoms. The molecule has 0 saturated carbocycles. The fourth-order valence-electron chi connectivity index (χ4n) is 3.06. The van der Waals surface area contributed by atoms with Gasteiger partial charge < -0.3 is 9.47 Å². The predicted molar refractivity (Wildman–Crippen MR) is 88.8 cm³/mol. The summed E-state index contributed by atoms with van der Waals surface area (Å²) in [4.78, 5) is 14.4. The highest BCUT2D eigenvalue weighted by atomic mass is 16.6. The molecule has 2 atom stereocenters. The van der Waals surface area contributed by atoms with Crippen molar-refractivity contribution in [3.8, 4) is 5.75 Å². The monoisotopic (exact) mass is 305 g/mol. The summed E-state index contributed by atoms with van der Waals surface area (Å²) < 4.78 is 10.9. The summed E-state index contributed by atoms with van der Waals surface area (Å²) in [5.74, 6) is 1.23. The molecule has 0 aromatic heterocycles. The third kappa shape index (κ3) is 3.37. The number of methoxy groups -OCH3 is 1. The SMILES string of the molecule is CC[C@H]1C[C@@H](C)N(C(=O)OC(C)(C)C)c2cc(OC)ccc21. The molecule has 1 aliphatic rings. The van der Waals surface area contributed by atoms with Crippen LogP contribution in [0.4, 0.5) is 10.5 Å². The summed E-state index contributed by atoms with van der Waals surface area (Å²) in [5.41, 5.74) is 1.61. The minimum Gasteiger partial charge on any atom is -0.497 e. The van der Waals surface area contributed by atoms with E-state index in [2.05, 4.69) is 19.9 Å². The van der Waals surface area contributed by atoms with E-state index >= 15 is 0 Å². The Labute approximate surface area is 133 Å². The molecular weight excluding hydrogens is 278 g/mol. The zero-order chi connectivity index (χ0) is 16.5. The van der Waals surface area contributed by atoms with E-state index in [0.717, 1.165) is 24.3 Å². The summed E-state index contributed by atoms with van der Waals surface area (Å²) >= 11 is 0. The normalized spacial score (nSPS) is 21.3. The van der Waals surface area contributed by atoms with E-state index in [1.54, 1.807) is 12.0 Å². The van der Waals surface area contributed by atoms with Gasteiger partial charge in [-0.25, -0.2) is 4.79 Å². The highest BCUT2D eigenvalue weighted by Crippen LogP contribution is 2.42. The van der Waals surface area contributed by atoms with Gasteiger partial charge in [-0.1, -0.05) is 13.0 Å². The van der Waals surface area contributed by atoms with Crippen molar-refractivity contribution in [2.45, 2.75) is 65.0 Å². The number of carbonyl (C=O) groups excluding carboxylic acids is 1. The Kier molecular flexibility index (Phi) is 4.69. The summed E-state index contributed by atoms with van der Waals surface area (Å²) in [6, 6.07) is 6.09. The molecule has 122 valence electrons. The predicted octanol–water partition coefficient (Wildman–Crippen LogP) is 4.72. The zero-order valence-electron chi connectivity index (χ0n) is 14.5. The van der Waals surface area contributed by atoms with Gasteiger partial charge in [-0.3, -0.25) is 4.90 Å². The molecule has 1 aromatic carbocycles. The Balaban J connectivity index is 2.44. The van der Waals surface area contributed by atoms with Gasteiger partial charge in [-0.15, -0.1) is 0 Å². The van der Waals surface area contributed by atoms with Gasteiger partial charge in [0.15, 0.2) is 0 Å². The Morgan fingerprint density at radius 3 is 2.59 bits per heavy atom. The van der Waals surface area contributed by atoms with Crippen molar-refractivity contribution in [1.82, 2.24) is 0 Å². The van der Waals surface area contributed by atoms with Crippen LogP contribution in [0.25, 0.3) is 0 Å². The van der Waals surface area contributed by atoms with Crippen LogP contribution in [-0.2, 0) is 4.74 Å². The van der Waals surface area contributed by atoms with Crippen LogP contribution in [0, 0.1) is 0 Å². The van der Waals surface area contributed by atoms with Crippen LogP contribution in [0.5, 0.6) is 5.75 Å². The minimum absolute atomic E-state index is 0.111. The van der Waals surface area contributed by atoms with Gasteiger partial charge in [-0.2, -0.15) is 0 Å². The summed E-state index contributed by atoms with van der Waals surface area (Å²) in [7, 11) is 1.64. The van der Waals surface area contributed by atoms with E-state index in [4.69, 9.17) is 9.47 Å². The van der Waals surface area contributed by atoms with Crippen molar-refractivity contribution in [2.75, 3.05) is 12.0 Å². The molecule has 0 saturated heterocycles. The zero-order valence-corrected chi connectivity index (χ0v) is 14.5. The molecule has 22 heavy (non-hydrogen) atoms. The van der Waals surface area contributed by atoms with Crippen molar-refractivity contribution in [1.29, 1.82) is 0 Å². The lowest BCUT2D eigenvalue weighted by Crippen LogP contribution is -2.45.